The predicted octanol–water partition coefficient (Wildman–Crippen LogP) is 2.29. The predicted molar refractivity (Wildman–Crippen MR) is 44.5 cm³/mol. The van der Waals surface area contributed by atoms with E-state index in [4.69, 9.17) is 0 Å². The van der Waals surface area contributed by atoms with Crippen LogP contribution in [-0.4, -0.2) is 12.3 Å². The van der Waals surface area contributed by atoms with Crippen molar-refractivity contribution in [2.45, 2.75) is 13.8 Å². The maximum absolute atomic E-state index is 11.6. The first kappa shape index (κ1) is 7.63. The Labute approximate surface area is 61.9 Å². The molecule has 0 fully saturated rings. The van der Waals surface area contributed by atoms with Crippen LogP contribution in [0, 0.1) is 11.6 Å². The third-order valence-electron chi connectivity index (χ3n) is 1.56. The zero-order valence-electron chi connectivity index (χ0n) is 6.35. The molecule has 1 unspecified atom stereocenters. The van der Waals surface area contributed by atoms with E-state index in [0.29, 0.717) is 12.3 Å². The van der Waals surface area contributed by atoms with Crippen molar-refractivity contribution in [2.75, 3.05) is 12.3 Å². The molecule has 1 aliphatic heterocycles. The minimum atomic E-state index is -2.08. The maximum Gasteiger partial charge on any atom is 0.162 e. The van der Waals surface area contributed by atoms with Crippen molar-refractivity contribution in [1.82, 2.24) is 0 Å². The normalized spacial score (nSPS) is 30.8. The average Bonchev–Trinajstić information content (AvgIpc) is 2.12. The Balaban J connectivity index is 2.77. The summed E-state index contributed by atoms with van der Waals surface area (Å²) in [4.78, 5) is 0. The molecular weight excluding hydrogens is 143 g/mol. The van der Waals surface area contributed by atoms with Crippen LogP contribution in [0.5, 0.6) is 0 Å². The molecule has 1 nitrogen and oxygen atoms in total. The zero-order valence-corrected chi connectivity index (χ0v) is 7.24. The van der Waals surface area contributed by atoms with E-state index in [9.17, 15) is 4.57 Å². The highest BCUT2D eigenvalue weighted by molar-refractivity contribution is 7.69. The number of allylic oxidation sites excluding steroid dienone is 2. The molecule has 0 aromatic heterocycles. The van der Waals surface area contributed by atoms with E-state index in [-0.39, 0.29) is 0 Å². The first-order valence-electron chi connectivity index (χ1n) is 3.34. The monoisotopic (exact) mass is 154 g/mol. The summed E-state index contributed by atoms with van der Waals surface area (Å²) in [5.41, 5.74) is 4.03. The Morgan fingerprint density at radius 3 is 2.80 bits per heavy atom. The second-order valence-electron chi connectivity index (χ2n) is 2.64. The van der Waals surface area contributed by atoms with Crippen LogP contribution < -0.4 is 0 Å². The van der Waals surface area contributed by atoms with E-state index < -0.39 is 7.14 Å². The Bertz CT molecular complexity index is 265. The number of rotatable bonds is 0. The van der Waals surface area contributed by atoms with Crippen molar-refractivity contribution in [3.05, 3.63) is 11.6 Å². The second-order valence-corrected chi connectivity index (χ2v) is 5.33. The molecule has 1 heterocycles. The van der Waals surface area contributed by atoms with Gasteiger partial charge in [-0.2, -0.15) is 0 Å². The van der Waals surface area contributed by atoms with E-state index in [2.05, 4.69) is 11.6 Å². The van der Waals surface area contributed by atoms with Crippen molar-refractivity contribution in [2.24, 2.45) is 0 Å². The van der Waals surface area contributed by atoms with E-state index in [1.807, 2.05) is 13.0 Å². The standard InChI is InChI=1S/C8H11OP/c1-3-5-10(9)6-4-8(2)7-10/h4H,6-7H2,1-2H3. The van der Waals surface area contributed by atoms with Crippen molar-refractivity contribution >= 4 is 7.14 Å². The molecule has 1 atom stereocenters. The minimum absolute atomic E-state index is 0.694. The van der Waals surface area contributed by atoms with Gasteiger partial charge < -0.3 is 4.57 Å². The Hall–Kier alpha value is -0.470. The van der Waals surface area contributed by atoms with Crippen molar-refractivity contribution in [1.29, 1.82) is 0 Å². The third-order valence-corrected chi connectivity index (χ3v) is 3.97. The molecule has 0 aromatic rings. The average molecular weight is 154 g/mol. The van der Waals surface area contributed by atoms with Gasteiger partial charge in [-0.05, 0) is 19.5 Å². The van der Waals surface area contributed by atoms with E-state index in [0.717, 1.165) is 0 Å². The number of hydrogen-bond acceptors (Lipinski definition) is 1. The summed E-state index contributed by atoms with van der Waals surface area (Å²) < 4.78 is 11.6. The van der Waals surface area contributed by atoms with Gasteiger partial charge in [0, 0.05) is 12.3 Å². The molecule has 1 rings (SSSR count). The highest BCUT2D eigenvalue weighted by atomic mass is 31.2. The van der Waals surface area contributed by atoms with Crippen LogP contribution in [0.3, 0.4) is 0 Å². The van der Waals surface area contributed by atoms with Crippen molar-refractivity contribution in [3.63, 3.8) is 0 Å². The summed E-state index contributed by atoms with van der Waals surface area (Å²) in [6.07, 6.45) is 3.44. The van der Waals surface area contributed by atoms with Gasteiger partial charge in [0.25, 0.3) is 0 Å². The lowest BCUT2D eigenvalue weighted by molar-refractivity contribution is 0.586. The molecule has 10 heavy (non-hydrogen) atoms. The van der Waals surface area contributed by atoms with Crippen LogP contribution in [0.2, 0.25) is 0 Å². The van der Waals surface area contributed by atoms with Gasteiger partial charge in [0.2, 0.25) is 0 Å². The van der Waals surface area contributed by atoms with E-state index in [1.165, 1.54) is 5.57 Å². The van der Waals surface area contributed by atoms with Gasteiger partial charge in [0.1, 0.15) is 0 Å². The minimum Gasteiger partial charge on any atom is -0.309 e. The molecule has 0 saturated heterocycles. The summed E-state index contributed by atoms with van der Waals surface area (Å²) >= 11 is 0. The molecule has 54 valence electrons. The highest BCUT2D eigenvalue weighted by Gasteiger charge is 2.23. The summed E-state index contributed by atoms with van der Waals surface area (Å²) in [6, 6.07) is 0. The van der Waals surface area contributed by atoms with Crippen LogP contribution in [0.4, 0.5) is 0 Å². The fraction of sp³-hybridized carbons (Fsp3) is 0.500. The largest absolute Gasteiger partial charge is 0.309 e. The summed E-state index contributed by atoms with van der Waals surface area (Å²) in [5, 5.41) is 0. The van der Waals surface area contributed by atoms with Gasteiger partial charge in [-0.1, -0.05) is 17.6 Å². The van der Waals surface area contributed by atoms with Crippen LogP contribution in [-0.2, 0) is 4.57 Å². The third kappa shape index (κ3) is 1.52. The first-order valence-corrected chi connectivity index (χ1v) is 5.42. The Morgan fingerprint density at radius 1 is 1.70 bits per heavy atom. The van der Waals surface area contributed by atoms with Gasteiger partial charge in [-0.3, -0.25) is 0 Å². The van der Waals surface area contributed by atoms with Crippen LogP contribution in [0.1, 0.15) is 13.8 Å². The Morgan fingerprint density at radius 2 is 2.40 bits per heavy atom. The van der Waals surface area contributed by atoms with Crippen molar-refractivity contribution < 1.29 is 4.57 Å². The molecule has 0 spiro atoms. The van der Waals surface area contributed by atoms with Gasteiger partial charge in [-0.15, -0.1) is 0 Å². The van der Waals surface area contributed by atoms with Crippen molar-refractivity contribution in [3.8, 4) is 11.6 Å². The van der Waals surface area contributed by atoms with Crippen LogP contribution >= 0.6 is 7.14 Å². The van der Waals surface area contributed by atoms with Gasteiger partial charge in [0.05, 0.1) is 0 Å². The summed E-state index contributed by atoms with van der Waals surface area (Å²) in [7, 11) is -2.08. The molecule has 1 aliphatic rings. The molecule has 0 N–H and O–H groups in total. The zero-order chi connectivity index (χ0) is 7.61. The second kappa shape index (κ2) is 2.64. The lowest BCUT2D eigenvalue weighted by Crippen LogP contribution is -1.81. The SMILES string of the molecule is CC#CP1(=O)CC=C(C)C1. The summed E-state index contributed by atoms with van der Waals surface area (Å²) in [6.45, 7) is 3.75. The fourth-order valence-corrected chi connectivity index (χ4v) is 3.37. The maximum atomic E-state index is 11.6. The quantitative estimate of drug-likeness (QED) is 0.297. The molecule has 0 saturated carbocycles. The smallest absolute Gasteiger partial charge is 0.162 e. The molecule has 2 heteroatoms. The molecule has 0 aliphatic carbocycles. The molecular formula is C8H11OP. The lowest BCUT2D eigenvalue weighted by Gasteiger charge is -1.99. The first-order chi connectivity index (χ1) is 4.66. The van der Waals surface area contributed by atoms with E-state index >= 15 is 0 Å². The topological polar surface area (TPSA) is 17.1 Å². The van der Waals surface area contributed by atoms with Crippen LogP contribution in [0.25, 0.3) is 0 Å². The van der Waals surface area contributed by atoms with Crippen LogP contribution in [0.15, 0.2) is 11.6 Å². The molecule has 0 bridgehead atoms. The fourth-order valence-electron chi connectivity index (χ4n) is 1.12. The van der Waals surface area contributed by atoms with Gasteiger partial charge >= 0.3 is 0 Å². The lowest BCUT2D eigenvalue weighted by atomic mass is 10.3. The molecule has 0 amide bonds. The highest BCUT2D eigenvalue weighted by Crippen LogP contribution is 2.50. The summed E-state index contributed by atoms with van der Waals surface area (Å²) in [5.74, 6) is 2.72. The number of hydrogen-bond donors (Lipinski definition) is 0. The van der Waals surface area contributed by atoms with Gasteiger partial charge in [-0.25, -0.2) is 0 Å². The van der Waals surface area contributed by atoms with E-state index in [1.54, 1.807) is 6.92 Å². The molecule has 0 aromatic carbocycles. The molecule has 0 radical (unpaired) electrons. The Kier molecular flexibility index (Phi) is 2.02. The van der Waals surface area contributed by atoms with Gasteiger partial charge in [0.15, 0.2) is 7.14 Å².